The van der Waals surface area contributed by atoms with E-state index in [9.17, 15) is 8.42 Å². The molecule has 1 saturated heterocycles. The summed E-state index contributed by atoms with van der Waals surface area (Å²) < 4.78 is 35.2. The number of anilines is 2. The topological polar surface area (TPSA) is 129 Å². The first kappa shape index (κ1) is 25.5. The van der Waals surface area contributed by atoms with E-state index < -0.39 is 10.0 Å². The Hall–Kier alpha value is -4.19. The minimum Gasteiger partial charge on any atom is -0.456 e. The smallest absolute Gasteiger partial charge is 0.256 e. The predicted molar refractivity (Wildman–Crippen MR) is 148 cm³/mol. The molecule has 4 heterocycles. The standard InChI is InChI=1S/C26H30N8O3S/c1-4-38(35,36)32-26(31-20-7-5-8-21(13-20)37-22-9-6-10-27-15-22)34-12-11-33(16-19(34)3)25-23-18(2)14-28-24(23)29-17-30-25/h5-10,13-15,17,19H,4,11-12,16H2,1-3H3,(H,31,32)(H,28,29,30)/t19-/m0/s1. The van der Waals surface area contributed by atoms with Gasteiger partial charge in [0.1, 0.15) is 29.3 Å². The molecule has 0 saturated carbocycles. The Labute approximate surface area is 221 Å². The predicted octanol–water partition coefficient (Wildman–Crippen LogP) is 3.78. The fraction of sp³-hybridized carbons (Fsp3) is 0.308. The maximum Gasteiger partial charge on any atom is 0.256 e. The molecule has 0 amide bonds. The first-order valence-corrected chi connectivity index (χ1v) is 14.0. The summed E-state index contributed by atoms with van der Waals surface area (Å²) in [6, 6.07) is 10.9. The van der Waals surface area contributed by atoms with Crippen LogP contribution < -0.4 is 15.0 Å². The van der Waals surface area contributed by atoms with E-state index in [1.54, 1.807) is 37.8 Å². The van der Waals surface area contributed by atoms with Crippen LogP contribution in [0.5, 0.6) is 11.5 Å². The highest BCUT2D eigenvalue weighted by molar-refractivity contribution is 7.90. The molecule has 0 unspecified atom stereocenters. The number of ether oxygens (including phenoxy) is 1. The van der Waals surface area contributed by atoms with Crippen molar-refractivity contribution < 1.29 is 13.2 Å². The summed E-state index contributed by atoms with van der Waals surface area (Å²) in [7, 11) is -3.66. The zero-order chi connectivity index (χ0) is 26.7. The molecule has 1 aliphatic heterocycles. The second kappa shape index (κ2) is 10.7. The van der Waals surface area contributed by atoms with E-state index in [2.05, 4.69) is 34.6 Å². The summed E-state index contributed by atoms with van der Waals surface area (Å²) in [5.74, 6) is 2.25. The van der Waals surface area contributed by atoms with Gasteiger partial charge in [-0.25, -0.2) is 18.4 Å². The van der Waals surface area contributed by atoms with Gasteiger partial charge in [-0.1, -0.05) is 6.07 Å². The number of rotatable bonds is 6. The van der Waals surface area contributed by atoms with Crippen LogP contribution in [0.1, 0.15) is 19.4 Å². The maximum atomic E-state index is 12.6. The number of aromatic amines is 1. The number of nitrogens with one attached hydrogen (secondary N) is 2. The van der Waals surface area contributed by atoms with Gasteiger partial charge in [-0.05, 0) is 50.6 Å². The molecule has 38 heavy (non-hydrogen) atoms. The Bertz CT molecular complexity index is 1560. The second-order valence-corrected chi connectivity index (χ2v) is 11.0. The summed E-state index contributed by atoms with van der Waals surface area (Å²) in [5, 5.41) is 4.24. The number of piperazine rings is 1. The van der Waals surface area contributed by atoms with Gasteiger partial charge in [0.25, 0.3) is 10.0 Å². The molecule has 3 aromatic heterocycles. The van der Waals surface area contributed by atoms with Crippen LogP contribution in [-0.2, 0) is 10.0 Å². The highest BCUT2D eigenvalue weighted by Crippen LogP contribution is 2.28. The van der Waals surface area contributed by atoms with Gasteiger partial charge < -0.3 is 24.8 Å². The average Bonchev–Trinajstić information content (AvgIpc) is 3.30. The molecule has 1 aromatic carbocycles. The van der Waals surface area contributed by atoms with Gasteiger partial charge in [-0.3, -0.25) is 4.98 Å². The zero-order valence-corrected chi connectivity index (χ0v) is 22.3. The number of nitrogens with zero attached hydrogens (tertiary/aromatic N) is 6. The van der Waals surface area contributed by atoms with Gasteiger partial charge in [0.2, 0.25) is 5.96 Å². The highest BCUT2D eigenvalue weighted by atomic mass is 32.2. The van der Waals surface area contributed by atoms with Crippen molar-refractivity contribution in [2.45, 2.75) is 26.8 Å². The van der Waals surface area contributed by atoms with Crippen LogP contribution in [0.4, 0.5) is 11.5 Å². The van der Waals surface area contributed by atoms with Gasteiger partial charge in [0.05, 0.1) is 17.3 Å². The lowest BCUT2D eigenvalue weighted by atomic mass is 10.1. The molecule has 2 N–H and O–H groups in total. The van der Waals surface area contributed by atoms with E-state index in [0.717, 1.165) is 22.4 Å². The molecule has 11 nitrogen and oxygen atoms in total. The molecular formula is C26H30N8O3S. The number of hydrogen-bond donors (Lipinski definition) is 2. The number of fused-ring (bicyclic) bond motifs is 1. The number of benzene rings is 1. The van der Waals surface area contributed by atoms with Crippen LogP contribution in [0.15, 0.2) is 65.7 Å². The number of guanidine groups is 1. The quantitative estimate of drug-likeness (QED) is 0.280. The summed E-state index contributed by atoms with van der Waals surface area (Å²) in [5.41, 5.74) is 2.54. The third-order valence-electron chi connectivity index (χ3n) is 6.40. The highest BCUT2D eigenvalue weighted by Gasteiger charge is 2.29. The third-order valence-corrected chi connectivity index (χ3v) is 7.58. The SMILES string of the molecule is CCS(=O)(=O)/N=C(\Nc1cccc(Oc2cccnc2)c1)N1CCN(c2ncnc3[nH]cc(C)c23)C[C@@H]1C. The molecule has 0 bridgehead atoms. The van der Waals surface area contributed by atoms with E-state index in [4.69, 9.17) is 4.74 Å². The van der Waals surface area contributed by atoms with Crippen molar-refractivity contribution >= 4 is 38.5 Å². The average molecular weight is 535 g/mol. The Morgan fingerprint density at radius 1 is 1.21 bits per heavy atom. The van der Waals surface area contributed by atoms with Crippen molar-refractivity contribution in [3.8, 4) is 11.5 Å². The number of sulfonamides is 1. The fourth-order valence-corrected chi connectivity index (χ4v) is 5.00. The molecule has 0 radical (unpaired) electrons. The summed E-state index contributed by atoms with van der Waals surface area (Å²) >= 11 is 0. The van der Waals surface area contributed by atoms with Crippen molar-refractivity contribution in [1.29, 1.82) is 0 Å². The zero-order valence-electron chi connectivity index (χ0n) is 21.5. The maximum absolute atomic E-state index is 12.6. The van der Waals surface area contributed by atoms with E-state index in [1.165, 1.54) is 0 Å². The Morgan fingerprint density at radius 3 is 2.82 bits per heavy atom. The molecule has 1 atom stereocenters. The number of hydrogen-bond acceptors (Lipinski definition) is 7. The Kier molecular flexibility index (Phi) is 7.14. The molecule has 0 aliphatic carbocycles. The van der Waals surface area contributed by atoms with Crippen LogP contribution in [0, 0.1) is 6.92 Å². The van der Waals surface area contributed by atoms with E-state index in [1.807, 2.05) is 49.2 Å². The van der Waals surface area contributed by atoms with Crippen LogP contribution in [0.2, 0.25) is 0 Å². The van der Waals surface area contributed by atoms with Crippen LogP contribution in [0.25, 0.3) is 11.0 Å². The first-order valence-electron chi connectivity index (χ1n) is 12.4. The Balaban J connectivity index is 1.39. The fourth-order valence-electron chi connectivity index (χ4n) is 4.46. The summed E-state index contributed by atoms with van der Waals surface area (Å²) in [4.78, 5) is 20.4. The van der Waals surface area contributed by atoms with Crippen molar-refractivity contribution in [2.75, 3.05) is 35.6 Å². The molecular weight excluding hydrogens is 504 g/mol. The van der Waals surface area contributed by atoms with Crippen LogP contribution >= 0.6 is 0 Å². The minimum atomic E-state index is -3.66. The molecule has 1 fully saturated rings. The molecule has 198 valence electrons. The van der Waals surface area contributed by atoms with Crippen LogP contribution in [0.3, 0.4) is 0 Å². The lowest BCUT2D eigenvalue weighted by molar-refractivity contribution is 0.297. The third kappa shape index (κ3) is 5.54. The van der Waals surface area contributed by atoms with Gasteiger partial charge in [0, 0.05) is 49.8 Å². The second-order valence-electron chi connectivity index (χ2n) is 9.11. The lowest BCUT2D eigenvalue weighted by Gasteiger charge is -2.42. The number of aromatic nitrogens is 4. The summed E-state index contributed by atoms with van der Waals surface area (Å²) in [6.45, 7) is 7.48. The van der Waals surface area contributed by atoms with Crippen molar-refractivity contribution in [3.63, 3.8) is 0 Å². The molecule has 4 aromatic rings. The molecule has 12 heteroatoms. The van der Waals surface area contributed by atoms with Gasteiger partial charge >= 0.3 is 0 Å². The van der Waals surface area contributed by atoms with Crippen molar-refractivity contribution in [2.24, 2.45) is 4.40 Å². The van der Waals surface area contributed by atoms with E-state index in [0.29, 0.717) is 36.8 Å². The van der Waals surface area contributed by atoms with Crippen molar-refractivity contribution in [3.05, 3.63) is 66.9 Å². The van der Waals surface area contributed by atoms with Gasteiger partial charge in [0.15, 0.2) is 0 Å². The number of aryl methyl sites for hydroxylation is 1. The normalized spacial score (nSPS) is 16.6. The molecule has 5 rings (SSSR count). The van der Waals surface area contributed by atoms with Crippen molar-refractivity contribution in [1.82, 2.24) is 24.8 Å². The van der Waals surface area contributed by atoms with Gasteiger partial charge in [-0.2, -0.15) is 0 Å². The number of pyridine rings is 1. The molecule has 0 spiro atoms. The Morgan fingerprint density at radius 2 is 2.05 bits per heavy atom. The molecule has 1 aliphatic rings. The number of H-pyrrole nitrogens is 1. The van der Waals surface area contributed by atoms with E-state index >= 15 is 0 Å². The minimum absolute atomic E-state index is 0.0545. The van der Waals surface area contributed by atoms with Gasteiger partial charge in [-0.15, -0.1) is 4.40 Å². The first-order chi connectivity index (χ1) is 18.3. The summed E-state index contributed by atoms with van der Waals surface area (Å²) in [6.07, 6.45) is 6.80. The van der Waals surface area contributed by atoms with E-state index in [-0.39, 0.29) is 17.8 Å². The largest absolute Gasteiger partial charge is 0.456 e. The monoisotopic (exact) mass is 534 g/mol. The lowest BCUT2D eigenvalue weighted by Crippen LogP contribution is -2.56. The van der Waals surface area contributed by atoms with Crippen LogP contribution in [-0.4, -0.2) is 70.6 Å².